The molecule has 7 nitrogen and oxygen atoms in total. The molecule has 21 heavy (non-hydrogen) atoms. The Labute approximate surface area is 125 Å². The van der Waals surface area contributed by atoms with Gasteiger partial charge in [-0.25, -0.2) is 9.59 Å². The molecule has 2 atom stereocenters. The largest absolute Gasteiger partial charge is 0.480 e. The maximum absolute atomic E-state index is 12.2. The number of aliphatic carboxylic acids is 1. The number of urea groups is 1. The van der Waals surface area contributed by atoms with Crippen molar-refractivity contribution in [1.82, 2.24) is 15.1 Å². The summed E-state index contributed by atoms with van der Waals surface area (Å²) in [5.41, 5.74) is 0. The highest BCUT2D eigenvalue weighted by Gasteiger charge is 2.31. The van der Waals surface area contributed by atoms with E-state index in [0.717, 1.165) is 6.42 Å². The molecule has 1 aliphatic heterocycles. The molecule has 0 aliphatic carbocycles. The minimum absolute atomic E-state index is 0.115. The molecule has 7 heteroatoms. The van der Waals surface area contributed by atoms with Crippen LogP contribution in [0.4, 0.5) is 4.79 Å². The van der Waals surface area contributed by atoms with Crippen LogP contribution in [-0.2, 0) is 9.59 Å². The second-order valence-electron chi connectivity index (χ2n) is 5.65. The van der Waals surface area contributed by atoms with Gasteiger partial charge in [-0.3, -0.25) is 4.79 Å². The predicted octanol–water partition coefficient (Wildman–Crippen LogP) is 0.750. The van der Waals surface area contributed by atoms with Crippen molar-refractivity contribution in [2.75, 3.05) is 27.2 Å². The molecular weight excluding hydrogens is 274 g/mol. The number of hydrogen-bond acceptors (Lipinski definition) is 3. The topological polar surface area (TPSA) is 90.0 Å². The molecule has 0 spiro atoms. The fourth-order valence-corrected chi connectivity index (χ4v) is 2.48. The van der Waals surface area contributed by atoms with Gasteiger partial charge in [-0.1, -0.05) is 13.3 Å². The molecular formula is C14H25N3O4. The van der Waals surface area contributed by atoms with Gasteiger partial charge >= 0.3 is 12.0 Å². The number of carboxylic acids is 1. The van der Waals surface area contributed by atoms with Gasteiger partial charge < -0.3 is 20.2 Å². The summed E-state index contributed by atoms with van der Waals surface area (Å²) in [6.45, 7) is 2.86. The summed E-state index contributed by atoms with van der Waals surface area (Å²) in [6, 6.07) is -0.960. The molecule has 1 fully saturated rings. The highest BCUT2D eigenvalue weighted by molar-refractivity contribution is 5.85. The first-order valence-corrected chi connectivity index (χ1v) is 7.36. The van der Waals surface area contributed by atoms with Crippen molar-refractivity contribution in [3.8, 4) is 0 Å². The van der Waals surface area contributed by atoms with Crippen molar-refractivity contribution in [3.05, 3.63) is 0 Å². The second kappa shape index (κ2) is 7.85. The van der Waals surface area contributed by atoms with E-state index in [1.54, 1.807) is 19.0 Å². The van der Waals surface area contributed by atoms with Gasteiger partial charge in [0.15, 0.2) is 0 Å². The molecule has 1 heterocycles. The van der Waals surface area contributed by atoms with Crippen molar-refractivity contribution in [2.24, 2.45) is 5.92 Å². The van der Waals surface area contributed by atoms with Gasteiger partial charge in [0.1, 0.15) is 6.04 Å². The van der Waals surface area contributed by atoms with Crippen LogP contribution in [0, 0.1) is 5.92 Å². The zero-order chi connectivity index (χ0) is 16.0. The minimum Gasteiger partial charge on any atom is -0.480 e. The summed E-state index contributed by atoms with van der Waals surface area (Å²) in [5, 5.41) is 11.7. The molecule has 2 N–H and O–H groups in total. The third kappa shape index (κ3) is 4.91. The SMILES string of the molecule is CCC[C@H](NC(=O)C1CCCN(C(=O)N(C)C)C1)C(=O)O. The molecule has 120 valence electrons. The lowest BCUT2D eigenvalue weighted by Gasteiger charge is -2.34. The van der Waals surface area contributed by atoms with Gasteiger partial charge in [0.25, 0.3) is 0 Å². The van der Waals surface area contributed by atoms with Crippen molar-refractivity contribution >= 4 is 17.9 Å². The molecule has 3 amide bonds. The van der Waals surface area contributed by atoms with E-state index in [2.05, 4.69) is 5.32 Å². The molecule has 0 radical (unpaired) electrons. The van der Waals surface area contributed by atoms with Gasteiger partial charge in [0.05, 0.1) is 5.92 Å². The molecule has 0 aromatic heterocycles. The number of carbonyl (C=O) groups excluding carboxylic acids is 2. The number of rotatable bonds is 5. The van der Waals surface area contributed by atoms with Crippen LogP contribution in [-0.4, -0.2) is 66.0 Å². The summed E-state index contributed by atoms with van der Waals surface area (Å²) in [7, 11) is 3.35. The number of carboxylic acid groups (broad SMARTS) is 1. The number of piperidine rings is 1. The van der Waals surface area contributed by atoms with Crippen LogP contribution in [0.1, 0.15) is 32.6 Å². The van der Waals surface area contributed by atoms with Crippen LogP contribution >= 0.6 is 0 Å². The summed E-state index contributed by atoms with van der Waals surface area (Å²) < 4.78 is 0. The first-order chi connectivity index (χ1) is 9.86. The Morgan fingerprint density at radius 2 is 2.05 bits per heavy atom. The van der Waals surface area contributed by atoms with Crippen LogP contribution in [0.25, 0.3) is 0 Å². The quantitative estimate of drug-likeness (QED) is 0.784. The number of amides is 3. The maximum Gasteiger partial charge on any atom is 0.326 e. The van der Waals surface area contributed by atoms with Crippen LogP contribution < -0.4 is 5.32 Å². The Kier molecular flexibility index (Phi) is 6.45. The molecule has 0 saturated carbocycles. The highest BCUT2D eigenvalue weighted by atomic mass is 16.4. The molecule has 0 aromatic carbocycles. The highest BCUT2D eigenvalue weighted by Crippen LogP contribution is 2.18. The van der Waals surface area contributed by atoms with E-state index in [1.165, 1.54) is 4.90 Å². The van der Waals surface area contributed by atoms with Gasteiger partial charge in [0, 0.05) is 27.2 Å². The van der Waals surface area contributed by atoms with Crippen molar-refractivity contribution in [2.45, 2.75) is 38.6 Å². The summed E-state index contributed by atoms with van der Waals surface area (Å²) in [4.78, 5) is 38.3. The summed E-state index contributed by atoms with van der Waals surface area (Å²) >= 11 is 0. The average Bonchev–Trinajstić information content (AvgIpc) is 2.45. The maximum atomic E-state index is 12.2. The van der Waals surface area contributed by atoms with E-state index >= 15 is 0 Å². The van der Waals surface area contributed by atoms with Crippen molar-refractivity contribution in [1.29, 1.82) is 0 Å². The molecule has 1 saturated heterocycles. The van der Waals surface area contributed by atoms with Crippen LogP contribution in [0.2, 0.25) is 0 Å². The smallest absolute Gasteiger partial charge is 0.326 e. The van der Waals surface area contributed by atoms with Gasteiger partial charge in [-0.15, -0.1) is 0 Å². The number of nitrogens with zero attached hydrogens (tertiary/aromatic N) is 2. The average molecular weight is 299 g/mol. The Morgan fingerprint density at radius 3 is 2.57 bits per heavy atom. The van der Waals surface area contributed by atoms with Gasteiger partial charge in [-0.2, -0.15) is 0 Å². The second-order valence-corrected chi connectivity index (χ2v) is 5.65. The van der Waals surface area contributed by atoms with Crippen LogP contribution in [0.3, 0.4) is 0 Å². The standard InChI is InChI=1S/C14H25N3O4/c1-4-6-11(13(19)20)15-12(18)10-7-5-8-17(9-10)14(21)16(2)3/h10-11H,4-9H2,1-3H3,(H,15,18)(H,19,20)/t10?,11-/m0/s1. The first-order valence-electron chi connectivity index (χ1n) is 7.36. The minimum atomic E-state index is -1.01. The summed E-state index contributed by atoms with van der Waals surface area (Å²) in [5.74, 6) is -1.62. The Morgan fingerprint density at radius 1 is 1.38 bits per heavy atom. The summed E-state index contributed by atoms with van der Waals surface area (Å²) in [6.07, 6.45) is 2.53. The van der Waals surface area contributed by atoms with Crippen LogP contribution in [0.15, 0.2) is 0 Å². The predicted molar refractivity (Wildman–Crippen MR) is 77.9 cm³/mol. The number of likely N-dealkylation sites (tertiary alicyclic amines) is 1. The third-order valence-corrected chi connectivity index (χ3v) is 3.64. The number of nitrogens with one attached hydrogen (secondary N) is 1. The van der Waals surface area contributed by atoms with E-state index < -0.39 is 12.0 Å². The normalized spacial score (nSPS) is 19.8. The third-order valence-electron chi connectivity index (χ3n) is 3.64. The van der Waals surface area contributed by atoms with Gasteiger partial charge in [0.2, 0.25) is 5.91 Å². The lowest BCUT2D eigenvalue weighted by molar-refractivity contribution is -0.143. The molecule has 1 aliphatic rings. The van der Waals surface area contributed by atoms with E-state index in [1.807, 2.05) is 6.92 Å². The number of carbonyl (C=O) groups is 3. The molecule has 1 unspecified atom stereocenters. The van der Waals surface area contributed by atoms with E-state index in [9.17, 15) is 14.4 Å². The lowest BCUT2D eigenvalue weighted by atomic mass is 9.96. The lowest BCUT2D eigenvalue weighted by Crippen LogP contribution is -2.51. The van der Waals surface area contributed by atoms with E-state index in [0.29, 0.717) is 32.4 Å². The fraction of sp³-hybridized carbons (Fsp3) is 0.786. The van der Waals surface area contributed by atoms with Crippen molar-refractivity contribution < 1.29 is 19.5 Å². The van der Waals surface area contributed by atoms with E-state index in [4.69, 9.17) is 5.11 Å². The molecule has 0 aromatic rings. The zero-order valence-electron chi connectivity index (χ0n) is 13.0. The fourth-order valence-electron chi connectivity index (χ4n) is 2.48. The Bertz CT molecular complexity index is 398. The first kappa shape index (κ1) is 17.3. The Balaban J connectivity index is 2.61. The molecule has 1 rings (SSSR count). The molecule has 0 bridgehead atoms. The Hall–Kier alpha value is -1.79. The van der Waals surface area contributed by atoms with Crippen LogP contribution in [0.5, 0.6) is 0 Å². The van der Waals surface area contributed by atoms with Crippen molar-refractivity contribution in [3.63, 3.8) is 0 Å². The monoisotopic (exact) mass is 299 g/mol. The number of hydrogen-bond donors (Lipinski definition) is 2. The van der Waals surface area contributed by atoms with Gasteiger partial charge in [-0.05, 0) is 19.3 Å². The van der Waals surface area contributed by atoms with E-state index in [-0.39, 0.29) is 17.9 Å². The zero-order valence-corrected chi connectivity index (χ0v) is 13.0.